The van der Waals surface area contributed by atoms with Crippen molar-refractivity contribution in [3.05, 3.63) is 84.9 Å². The molecule has 1 fully saturated rings. The van der Waals surface area contributed by atoms with Crippen LogP contribution < -0.4 is 5.32 Å². The molecule has 35 heavy (non-hydrogen) atoms. The molecule has 0 amide bonds. The first-order valence-corrected chi connectivity index (χ1v) is 12.6. The van der Waals surface area contributed by atoms with Gasteiger partial charge in [-0.15, -0.1) is 11.3 Å². The zero-order valence-electron chi connectivity index (χ0n) is 19.3. The number of nitro benzene ring substituents is 1. The third-order valence-corrected chi connectivity index (χ3v) is 7.87. The molecule has 2 aliphatic heterocycles. The van der Waals surface area contributed by atoms with Crippen molar-refractivity contribution in [3.8, 4) is 0 Å². The molecule has 8 nitrogen and oxygen atoms in total. The number of ether oxygens (including phenoxy) is 2. The van der Waals surface area contributed by atoms with Crippen LogP contribution in [0.1, 0.15) is 54.9 Å². The molecular formula is C26H26N2O6S. The van der Waals surface area contributed by atoms with E-state index >= 15 is 0 Å². The Morgan fingerprint density at radius 3 is 2.86 bits per heavy atom. The van der Waals surface area contributed by atoms with Crippen LogP contribution in [0.3, 0.4) is 0 Å². The summed E-state index contributed by atoms with van der Waals surface area (Å²) in [5.41, 5.74) is 2.60. The van der Waals surface area contributed by atoms with E-state index in [2.05, 4.69) is 5.32 Å². The van der Waals surface area contributed by atoms with E-state index in [9.17, 15) is 19.7 Å². The number of nitrogens with one attached hydrogen (secondary N) is 1. The van der Waals surface area contributed by atoms with Crippen molar-refractivity contribution in [2.45, 2.75) is 50.5 Å². The fourth-order valence-corrected chi connectivity index (χ4v) is 6.04. The number of esters is 1. The van der Waals surface area contributed by atoms with Crippen molar-refractivity contribution >= 4 is 28.8 Å². The number of nitro groups is 1. The number of non-ortho nitro benzene ring substituents is 1. The van der Waals surface area contributed by atoms with Crippen LogP contribution in [-0.2, 0) is 19.1 Å². The maximum absolute atomic E-state index is 13.6. The Bertz CT molecular complexity index is 1230. The Balaban J connectivity index is 1.53. The molecule has 3 heterocycles. The van der Waals surface area contributed by atoms with Gasteiger partial charge in [-0.05, 0) is 43.2 Å². The van der Waals surface area contributed by atoms with Crippen molar-refractivity contribution in [3.63, 3.8) is 0 Å². The number of carbonyl (C=O) groups excluding carboxylic acids is 2. The Labute approximate surface area is 206 Å². The summed E-state index contributed by atoms with van der Waals surface area (Å²) in [5.74, 6) is -1.28. The molecule has 0 bridgehead atoms. The van der Waals surface area contributed by atoms with Gasteiger partial charge in [0.25, 0.3) is 5.69 Å². The van der Waals surface area contributed by atoms with Gasteiger partial charge >= 0.3 is 5.97 Å². The molecule has 0 saturated carbocycles. The minimum Gasteiger partial charge on any atom is -0.459 e. The summed E-state index contributed by atoms with van der Waals surface area (Å²) in [5, 5.41) is 16.8. The third-order valence-electron chi connectivity index (χ3n) is 6.83. The lowest BCUT2D eigenvalue weighted by Crippen LogP contribution is -2.36. The minimum atomic E-state index is -0.736. The Kier molecular flexibility index (Phi) is 6.53. The van der Waals surface area contributed by atoms with Crippen molar-refractivity contribution < 1.29 is 24.0 Å². The standard InChI is InChI=1S/C26H26N2O6S/c1-15-23(26(30)34-14-19-7-3-9-33-19)24(16-5-2-6-18(11-16)28(31)32)25-20(27-15)12-17(13-21(25)29)22-8-4-10-35-22/h2,4-6,8,10-11,17,19,24,27H,3,7,9,12-14H2,1H3/t17-,19-,24+/m1/s1. The van der Waals surface area contributed by atoms with Gasteiger partial charge in [0.1, 0.15) is 6.61 Å². The van der Waals surface area contributed by atoms with Gasteiger partial charge in [-0.1, -0.05) is 18.2 Å². The monoisotopic (exact) mass is 494 g/mol. The number of ketones is 1. The number of allylic oxidation sites excluding steroid dienone is 3. The smallest absolute Gasteiger partial charge is 0.336 e. The summed E-state index contributed by atoms with van der Waals surface area (Å²) < 4.78 is 11.2. The van der Waals surface area contributed by atoms with Crippen molar-refractivity contribution in [2.75, 3.05) is 13.2 Å². The van der Waals surface area contributed by atoms with Crippen molar-refractivity contribution in [1.82, 2.24) is 5.32 Å². The molecule has 1 saturated heterocycles. The first kappa shape index (κ1) is 23.4. The highest BCUT2D eigenvalue weighted by Crippen LogP contribution is 2.46. The van der Waals surface area contributed by atoms with Gasteiger partial charge in [0.05, 0.1) is 16.6 Å². The van der Waals surface area contributed by atoms with Crippen LogP contribution in [-0.4, -0.2) is 36.0 Å². The molecule has 9 heteroatoms. The van der Waals surface area contributed by atoms with Crippen molar-refractivity contribution in [1.29, 1.82) is 0 Å². The number of thiophene rings is 1. The summed E-state index contributed by atoms with van der Waals surface area (Å²) in [6.07, 6.45) is 2.57. The highest BCUT2D eigenvalue weighted by atomic mass is 32.1. The molecule has 2 aromatic rings. The number of carbonyl (C=O) groups is 2. The summed E-state index contributed by atoms with van der Waals surface area (Å²) in [4.78, 5) is 39.1. The Hall–Kier alpha value is -3.30. The van der Waals surface area contributed by atoms with E-state index in [4.69, 9.17) is 9.47 Å². The van der Waals surface area contributed by atoms with E-state index < -0.39 is 16.8 Å². The summed E-state index contributed by atoms with van der Waals surface area (Å²) in [7, 11) is 0. The molecule has 0 radical (unpaired) electrons. The second kappa shape index (κ2) is 9.75. The predicted octanol–water partition coefficient (Wildman–Crippen LogP) is 4.74. The van der Waals surface area contributed by atoms with Gasteiger partial charge in [0.2, 0.25) is 0 Å². The normalized spacial score (nSPS) is 24.3. The van der Waals surface area contributed by atoms with E-state index in [-0.39, 0.29) is 30.1 Å². The highest BCUT2D eigenvalue weighted by Gasteiger charge is 2.42. The van der Waals surface area contributed by atoms with Gasteiger partial charge in [-0.2, -0.15) is 0 Å². The molecule has 5 rings (SSSR count). The number of dihydropyridines is 1. The van der Waals surface area contributed by atoms with E-state index in [1.54, 1.807) is 30.4 Å². The molecule has 1 aromatic carbocycles. The number of rotatable bonds is 6. The van der Waals surface area contributed by atoms with Crippen LogP contribution >= 0.6 is 11.3 Å². The molecular weight excluding hydrogens is 468 g/mol. The van der Waals surface area contributed by atoms with Gasteiger partial charge in [0, 0.05) is 58.8 Å². The molecule has 3 atom stereocenters. The van der Waals surface area contributed by atoms with Crippen LogP contribution in [0, 0.1) is 10.1 Å². The van der Waals surface area contributed by atoms with E-state index in [0.29, 0.717) is 41.9 Å². The number of nitrogens with zero attached hydrogens (tertiary/aromatic N) is 1. The van der Waals surface area contributed by atoms with Crippen LogP contribution in [0.4, 0.5) is 5.69 Å². The molecule has 0 unspecified atom stereocenters. The number of Topliss-reactive ketones (excluding diaryl/α,β-unsaturated/α-hetero) is 1. The van der Waals surface area contributed by atoms with Crippen molar-refractivity contribution in [2.24, 2.45) is 0 Å². The Morgan fingerprint density at radius 1 is 1.29 bits per heavy atom. The third kappa shape index (κ3) is 4.66. The molecule has 1 aromatic heterocycles. The summed E-state index contributed by atoms with van der Waals surface area (Å²) >= 11 is 1.62. The number of hydrogen-bond acceptors (Lipinski definition) is 8. The molecule has 0 spiro atoms. The lowest BCUT2D eigenvalue weighted by atomic mass is 9.72. The Morgan fingerprint density at radius 2 is 2.14 bits per heavy atom. The zero-order valence-corrected chi connectivity index (χ0v) is 20.1. The maximum Gasteiger partial charge on any atom is 0.336 e. The average Bonchev–Trinajstić information content (AvgIpc) is 3.56. The maximum atomic E-state index is 13.6. The van der Waals surface area contributed by atoms with E-state index in [0.717, 1.165) is 23.4 Å². The zero-order chi connectivity index (χ0) is 24.5. The minimum absolute atomic E-state index is 0.0559. The molecule has 1 aliphatic carbocycles. The van der Waals surface area contributed by atoms with Crippen LogP contribution in [0.15, 0.2) is 64.3 Å². The fraction of sp³-hybridized carbons (Fsp3) is 0.385. The summed E-state index contributed by atoms with van der Waals surface area (Å²) in [6.45, 7) is 2.57. The van der Waals surface area contributed by atoms with Crippen LogP contribution in [0.25, 0.3) is 0 Å². The quantitative estimate of drug-likeness (QED) is 0.351. The summed E-state index contributed by atoms with van der Waals surface area (Å²) in [6, 6.07) is 10.2. The van der Waals surface area contributed by atoms with Crippen LogP contribution in [0.5, 0.6) is 0 Å². The average molecular weight is 495 g/mol. The molecule has 182 valence electrons. The van der Waals surface area contributed by atoms with E-state index in [1.807, 2.05) is 17.5 Å². The lowest BCUT2D eigenvalue weighted by molar-refractivity contribution is -0.384. The van der Waals surface area contributed by atoms with Gasteiger partial charge in [0.15, 0.2) is 5.78 Å². The SMILES string of the molecule is CC1=C(C(=O)OC[C@H]2CCCO2)[C@H](c2cccc([N+](=O)[O-])c2)C2=C(C[C@@H](c3cccs3)CC2=O)N1. The lowest BCUT2D eigenvalue weighted by Gasteiger charge is -2.36. The first-order chi connectivity index (χ1) is 16.9. The molecule has 1 N–H and O–H groups in total. The number of benzene rings is 1. The predicted molar refractivity (Wildman–Crippen MR) is 130 cm³/mol. The van der Waals surface area contributed by atoms with Crippen LogP contribution in [0.2, 0.25) is 0 Å². The fourth-order valence-electron chi connectivity index (χ4n) is 5.21. The van der Waals surface area contributed by atoms with Gasteiger partial charge < -0.3 is 14.8 Å². The first-order valence-electron chi connectivity index (χ1n) is 11.7. The second-order valence-electron chi connectivity index (χ2n) is 9.12. The molecule has 3 aliphatic rings. The second-order valence-corrected chi connectivity index (χ2v) is 10.1. The van der Waals surface area contributed by atoms with Gasteiger partial charge in [-0.25, -0.2) is 4.79 Å². The number of hydrogen-bond donors (Lipinski definition) is 1. The topological polar surface area (TPSA) is 108 Å². The highest BCUT2D eigenvalue weighted by molar-refractivity contribution is 7.10. The van der Waals surface area contributed by atoms with E-state index in [1.165, 1.54) is 12.1 Å². The largest absolute Gasteiger partial charge is 0.459 e. The van der Waals surface area contributed by atoms with Gasteiger partial charge in [-0.3, -0.25) is 14.9 Å².